The van der Waals surface area contributed by atoms with Gasteiger partial charge in [-0.1, -0.05) is 24.6 Å². The molecule has 0 fully saturated rings. The highest BCUT2D eigenvalue weighted by Crippen LogP contribution is 2.20. The summed E-state index contributed by atoms with van der Waals surface area (Å²) in [5.74, 6) is 0. The van der Waals surface area contributed by atoms with Crippen molar-refractivity contribution >= 4 is 11.6 Å². The summed E-state index contributed by atoms with van der Waals surface area (Å²) >= 11 is 5.94. The van der Waals surface area contributed by atoms with E-state index < -0.39 is 0 Å². The molecule has 1 aromatic rings. The van der Waals surface area contributed by atoms with Gasteiger partial charge in [0.15, 0.2) is 0 Å². The van der Waals surface area contributed by atoms with Crippen molar-refractivity contribution in [2.45, 2.75) is 27.2 Å². The van der Waals surface area contributed by atoms with Crippen LogP contribution in [0.25, 0.3) is 0 Å². The van der Waals surface area contributed by atoms with Gasteiger partial charge in [-0.15, -0.1) is 0 Å². The molecular formula is C10H13Cl. The molecule has 0 nitrogen and oxygen atoms in total. The van der Waals surface area contributed by atoms with Crippen LogP contribution in [-0.4, -0.2) is 0 Å². The molecule has 0 unspecified atom stereocenters. The van der Waals surface area contributed by atoms with Gasteiger partial charge in [-0.3, -0.25) is 0 Å². The maximum absolute atomic E-state index is 5.94. The van der Waals surface area contributed by atoms with Gasteiger partial charge in [-0.05, 0) is 43.0 Å². The highest BCUT2D eigenvalue weighted by Gasteiger charge is 1.99. The Labute approximate surface area is 73.2 Å². The third kappa shape index (κ3) is 1.75. The van der Waals surface area contributed by atoms with Gasteiger partial charge in [0.1, 0.15) is 0 Å². The van der Waals surface area contributed by atoms with E-state index in [0.717, 1.165) is 11.4 Å². The summed E-state index contributed by atoms with van der Waals surface area (Å²) in [6.45, 7) is 6.31. The molecule has 0 aliphatic carbocycles. The van der Waals surface area contributed by atoms with Gasteiger partial charge in [0, 0.05) is 5.02 Å². The number of benzene rings is 1. The molecule has 60 valence electrons. The molecule has 0 saturated carbocycles. The van der Waals surface area contributed by atoms with Crippen molar-refractivity contribution in [3.05, 3.63) is 33.8 Å². The van der Waals surface area contributed by atoms with E-state index in [1.165, 1.54) is 16.7 Å². The summed E-state index contributed by atoms with van der Waals surface area (Å²) in [5, 5.41) is 0.875. The SMILES string of the molecule is CCc1cc(C)c(Cl)cc1C. The minimum atomic E-state index is 0.875. The maximum Gasteiger partial charge on any atom is 0.0438 e. The Bertz CT molecular complexity index is 264. The predicted molar refractivity (Wildman–Crippen MR) is 50.3 cm³/mol. The first-order valence-electron chi connectivity index (χ1n) is 3.90. The van der Waals surface area contributed by atoms with Gasteiger partial charge < -0.3 is 0 Å². The van der Waals surface area contributed by atoms with E-state index in [1.807, 2.05) is 13.0 Å². The van der Waals surface area contributed by atoms with Gasteiger partial charge in [-0.25, -0.2) is 0 Å². The number of hydrogen-bond acceptors (Lipinski definition) is 0. The van der Waals surface area contributed by atoms with Gasteiger partial charge in [0.05, 0.1) is 0 Å². The minimum Gasteiger partial charge on any atom is -0.0840 e. The van der Waals surface area contributed by atoms with Crippen LogP contribution in [0, 0.1) is 13.8 Å². The van der Waals surface area contributed by atoms with Crippen LogP contribution < -0.4 is 0 Å². The Morgan fingerprint density at radius 3 is 2.36 bits per heavy atom. The second kappa shape index (κ2) is 3.27. The molecule has 0 spiro atoms. The zero-order valence-corrected chi connectivity index (χ0v) is 8.00. The largest absolute Gasteiger partial charge is 0.0840 e. The molecule has 0 aliphatic rings. The van der Waals surface area contributed by atoms with E-state index in [9.17, 15) is 0 Å². The van der Waals surface area contributed by atoms with Crippen LogP contribution >= 0.6 is 11.6 Å². The molecule has 0 N–H and O–H groups in total. The van der Waals surface area contributed by atoms with E-state index >= 15 is 0 Å². The number of halogens is 1. The molecule has 0 atom stereocenters. The summed E-state index contributed by atoms with van der Waals surface area (Å²) in [6.07, 6.45) is 1.09. The quantitative estimate of drug-likeness (QED) is 0.602. The van der Waals surface area contributed by atoms with Crippen LogP contribution in [0.5, 0.6) is 0 Å². The van der Waals surface area contributed by atoms with E-state index in [1.54, 1.807) is 0 Å². The van der Waals surface area contributed by atoms with Gasteiger partial charge >= 0.3 is 0 Å². The van der Waals surface area contributed by atoms with Crippen LogP contribution in [0.4, 0.5) is 0 Å². The molecule has 0 bridgehead atoms. The third-order valence-electron chi connectivity index (χ3n) is 2.00. The first kappa shape index (κ1) is 8.61. The molecule has 0 aliphatic heterocycles. The Hall–Kier alpha value is -0.490. The Kier molecular flexibility index (Phi) is 2.56. The summed E-state index contributed by atoms with van der Waals surface area (Å²) in [5.41, 5.74) is 3.86. The maximum atomic E-state index is 5.94. The zero-order valence-electron chi connectivity index (χ0n) is 7.24. The summed E-state index contributed by atoms with van der Waals surface area (Å²) in [6, 6.07) is 4.20. The molecule has 1 heteroatoms. The Balaban J connectivity index is 3.21. The Morgan fingerprint density at radius 1 is 1.18 bits per heavy atom. The van der Waals surface area contributed by atoms with E-state index in [0.29, 0.717) is 0 Å². The molecule has 0 saturated heterocycles. The van der Waals surface area contributed by atoms with Crippen LogP contribution in [-0.2, 0) is 6.42 Å². The van der Waals surface area contributed by atoms with Crippen molar-refractivity contribution in [2.24, 2.45) is 0 Å². The second-order valence-corrected chi connectivity index (χ2v) is 3.29. The molecule has 0 heterocycles. The minimum absolute atomic E-state index is 0.875. The summed E-state index contributed by atoms with van der Waals surface area (Å²) in [7, 11) is 0. The number of hydrogen-bond donors (Lipinski definition) is 0. The van der Waals surface area contributed by atoms with Crippen molar-refractivity contribution in [1.82, 2.24) is 0 Å². The average molecular weight is 169 g/mol. The van der Waals surface area contributed by atoms with Crippen LogP contribution in [0.2, 0.25) is 5.02 Å². The van der Waals surface area contributed by atoms with Crippen molar-refractivity contribution in [3.63, 3.8) is 0 Å². The molecule has 0 aromatic heterocycles. The normalized spacial score (nSPS) is 10.2. The topological polar surface area (TPSA) is 0 Å². The smallest absolute Gasteiger partial charge is 0.0438 e. The van der Waals surface area contributed by atoms with Crippen LogP contribution in [0.15, 0.2) is 12.1 Å². The third-order valence-corrected chi connectivity index (χ3v) is 2.41. The van der Waals surface area contributed by atoms with Crippen LogP contribution in [0.1, 0.15) is 23.6 Å². The van der Waals surface area contributed by atoms with Crippen LogP contribution in [0.3, 0.4) is 0 Å². The van der Waals surface area contributed by atoms with E-state index in [2.05, 4.69) is 19.9 Å². The van der Waals surface area contributed by atoms with Crippen molar-refractivity contribution in [1.29, 1.82) is 0 Å². The fraction of sp³-hybridized carbons (Fsp3) is 0.400. The monoisotopic (exact) mass is 168 g/mol. The average Bonchev–Trinajstić information content (AvgIpc) is 1.97. The molecule has 0 amide bonds. The molecule has 1 rings (SSSR count). The lowest BCUT2D eigenvalue weighted by Gasteiger charge is -2.05. The molecular weight excluding hydrogens is 156 g/mol. The lowest BCUT2D eigenvalue weighted by molar-refractivity contribution is 1.10. The Morgan fingerprint density at radius 2 is 1.82 bits per heavy atom. The van der Waals surface area contributed by atoms with E-state index in [4.69, 9.17) is 11.6 Å². The standard InChI is InChI=1S/C10H13Cl/c1-4-9-5-8(3)10(11)6-7(9)2/h5-6H,4H2,1-3H3. The van der Waals surface area contributed by atoms with Gasteiger partial charge in [0.2, 0.25) is 0 Å². The number of aryl methyl sites for hydroxylation is 3. The predicted octanol–water partition coefficient (Wildman–Crippen LogP) is 3.52. The van der Waals surface area contributed by atoms with Gasteiger partial charge in [-0.2, -0.15) is 0 Å². The van der Waals surface area contributed by atoms with Crippen molar-refractivity contribution in [2.75, 3.05) is 0 Å². The first-order chi connectivity index (χ1) is 5.15. The fourth-order valence-electron chi connectivity index (χ4n) is 1.22. The van der Waals surface area contributed by atoms with Gasteiger partial charge in [0.25, 0.3) is 0 Å². The van der Waals surface area contributed by atoms with Crippen molar-refractivity contribution in [3.8, 4) is 0 Å². The zero-order chi connectivity index (χ0) is 8.43. The highest BCUT2D eigenvalue weighted by atomic mass is 35.5. The lowest BCUT2D eigenvalue weighted by Crippen LogP contribution is -1.88. The van der Waals surface area contributed by atoms with E-state index in [-0.39, 0.29) is 0 Å². The summed E-state index contributed by atoms with van der Waals surface area (Å²) in [4.78, 5) is 0. The second-order valence-electron chi connectivity index (χ2n) is 2.88. The lowest BCUT2D eigenvalue weighted by atomic mass is 10.0. The fourth-order valence-corrected chi connectivity index (χ4v) is 1.44. The molecule has 11 heavy (non-hydrogen) atoms. The molecule has 1 aromatic carbocycles. The van der Waals surface area contributed by atoms with Crippen molar-refractivity contribution < 1.29 is 0 Å². The first-order valence-corrected chi connectivity index (χ1v) is 4.28. The number of rotatable bonds is 1. The highest BCUT2D eigenvalue weighted by molar-refractivity contribution is 6.31. The molecule has 0 radical (unpaired) electrons. The summed E-state index contributed by atoms with van der Waals surface area (Å²) < 4.78 is 0.